The lowest BCUT2D eigenvalue weighted by atomic mass is 10.0. The topological polar surface area (TPSA) is 72.2 Å². The molecule has 80 valence electrons. The Morgan fingerprint density at radius 1 is 1.54 bits per heavy atom. The molecule has 3 N–H and O–H groups in total. The molecule has 0 fully saturated rings. The van der Waals surface area contributed by atoms with Gasteiger partial charge < -0.3 is 5.73 Å². The summed E-state index contributed by atoms with van der Waals surface area (Å²) in [6.07, 6.45) is 0.357. The molecular weight excluding hydrogens is 202 g/mol. The van der Waals surface area contributed by atoms with Gasteiger partial charge in [-0.1, -0.05) is 6.92 Å². The maximum Gasteiger partial charge on any atom is 0.350 e. The van der Waals surface area contributed by atoms with E-state index in [1.807, 2.05) is 4.72 Å². The lowest BCUT2D eigenvalue weighted by Crippen LogP contribution is -2.52. The Bertz CT molecular complexity index is 249. The monoisotopic (exact) mass is 216 g/mol. The van der Waals surface area contributed by atoms with E-state index in [1.165, 1.54) is 6.92 Å². The number of nitrogens with one attached hydrogen (secondary N) is 1. The largest absolute Gasteiger partial charge is 0.350 e. The molecule has 0 aromatic heterocycles. The van der Waals surface area contributed by atoms with Crippen molar-refractivity contribution < 1.29 is 17.2 Å². The first kappa shape index (κ1) is 12.7. The Hall–Kier alpha value is -0.270. The summed E-state index contributed by atoms with van der Waals surface area (Å²) in [5.41, 5.74) is 4.26. The highest BCUT2D eigenvalue weighted by atomic mass is 32.2. The molecule has 7 heteroatoms. The van der Waals surface area contributed by atoms with Crippen LogP contribution in [-0.2, 0) is 10.0 Å². The van der Waals surface area contributed by atoms with Crippen molar-refractivity contribution in [3.05, 3.63) is 0 Å². The quantitative estimate of drug-likeness (QED) is 0.692. The molecule has 0 aliphatic heterocycles. The Labute approximate surface area is 76.5 Å². The van der Waals surface area contributed by atoms with E-state index in [0.29, 0.717) is 6.42 Å². The van der Waals surface area contributed by atoms with E-state index in [9.17, 15) is 17.2 Å². The summed E-state index contributed by atoms with van der Waals surface area (Å²) >= 11 is 0. The Morgan fingerprint density at radius 2 is 2.00 bits per heavy atom. The SMILES string of the molecule is CCC(C)(CN)NS(=O)(=O)C(F)F. The first-order valence-electron chi connectivity index (χ1n) is 3.78. The molecule has 0 aromatic carbocycles. The lowest BCUT2D eigenvalue weighted by molar-refractivity contribution is 0.228. The van der Waals surface area contributed by atoms with Crippen LogP contribution < -0.4 is 10.5 Å². The van der Waals surface area contributed by atoms with E-state index in [0.717, 1.165) is 0 Å². The van der Waals surface area contributed by atoms with Crippen LogP contribution >= 0.6 is 0 Å². The summed E-state index contributed by atoms with van der Waals surface area (Å²) in [5, 5.41) is 0. The average Bonchev–Trinajstić information content (AvgIpc) is 2.03. The number of rotatable bonds is 5. The van der Waals surface area contributed by atoms with Crippen LogP contribution in [0.3, 0.4) is 0 Å². The van der Waals surface area contributed by atoms with Crippen molar-refractivity contribution in [2.45, 2.75) is 31.6 Å². The van der Waals surface area contributed by atoms with Crippen molar-refractivity contribution >= 4 is 10.0 Å². The van der Waals surface area contributed by atoms with E-state index < -0.39 is 21.3 Å². The molecular formula is C6H14F2N2O2S. The molecule has 0 saturated heterocycles. The number of halogens is 2. The smallest absolute Gasteiger partial charge is 0.329 e. The number of hydrogen-bond acceptors (Lipinski definition) is 3. The molecule has 0 heterocycles. The van der Waals surface area contributed by atoms with E-state index in [2.05, 4.69) is 0 Å². The molecule has 4 nitrogen and oxygen atoms in total. The zero-order valence-electron chi connectivity index (χ0n) is 7.55. The summed E-state index contributed by atoms with van der Waals surface area (Å²) in [5.74, 6) is -3.41. The molecule has 0 aliphatic carbocycles. The molecule has 0 amide bonds. The number of sulfonamides is 1. The normalized spacial score (nSPS) is 17.4. The standard InChI is InChI=1S/C6H14F2N2O2S/c1-3-6(2,4-9)10-13(11,12)5(7)8/h5,10H,3-4,9H2,1-2H3. The van der Waals surface area contributed by atoms with E-state index >= 15 is 0 Å². The summed E-state index contributed by atoms with van der Waals surface area (Å²) in [7, 11) is -4.54. The number of hydrogen-bond donors (Lipinski definition) is 2. The fourth-order valence-corrected chi connectivity index (χ4v) is 1.65. The molecule has 13 heavy (non-hydrogen) atoms. The van der Waals surface area contributed by atoms with Gasteiger partial charge in [-0.25, -0.2) is 13.1 Å². The van der Waals surface area contributed by atoms with E-state index in [4.69, 9.17) is 5.73 Å². The van der Waals surface area contributed by atoms with Crippen LogP contribution in [0.25, 0.3) is 0 Å². The molecule has 1 atom stereocenters. The van der Waals surface area contributed by atoms with Crippen molar-refractivity contribution in [3.63, 3.8) is 0 Å². The molecule has 0 radical (unpaired) electrons. The van der Waals surface area contributed by atoms with Crippen molar-refractivity contribution in [2.24, 2.45) is 5.73 Å². The summed E-state index contributed by atoms with van der Waals surface area (Å²) in [6, 6.07) is 0. The second-order valence-corrected chi connectivity index (χ2v) is 4.68. The third kappa shape index (κ3) is 3.53. The maximum atomic E-state index is 11.9. The highest BCUT2D eigenvalue weighted by Gasteiger charge is 2.32. The van der Waals surface area contributed by atoms with Crippen LogP contribution in [0.15, 0.2) is 0 Å². The van der Waals surface area contributed by atoms with Gasteiger partial charge in [0.15, 0.2) is 0 Å². The van der Waals surface area contributed by atoms with Crippen molar-refractivity contribution in [1.29, 1.82) is 0 Å². The van der Waals surface area contributed by atoms with Gasteiger partial charge in [0.2, 0.25) is 0 Å². The van der Waals surface area contributed by atoms with Crippen LogP contribution in [0.4, 0.5) is 8.78 Å². The number of alkyl halides is 2. The van der Waals surface area contributed by atoms with Gasteiger partial charge in [-0.3, -0.25) is 0 Å². The summed E-state index contributed by atoms with van der Waals surface area (Å²) in [4.78, 5) is 0. The van der Waals surface area contributed by atoms with Crippen molar-refractivity contribution in [3.8, 4) is 0 Å². The molecule has 0 aliphatic rings. The van der Waals surface area contributed by atoms with Crippen LogP contribution in [0.1, 0.15) is 20.3 Å². The summed E-state index contributed by atoms with van der Waals surface area (Å²) in [6.45, 7) is 3.13. The van der Waals surface area contributed by atoms with Crippen LogP contribution in [0, 0.1) is 0 Å². The van der Waals surface area contributed by atoms with E-state index in [1.54, 1.807) is 6.92 Å². The Kier molecular flexibility index (Phi) is 4.21. The fraction of sp³-hybridized carbons (Fsp3) is 1.00. The second-order valence-electron chi connectivity index (χ2n) is 3.03. The van der Waals surface area contributed by atoms with Gasteiger partial charge in [-0.15, -0.1) is 0 Å². The van der Waals surface area contributed by atoms with Crippen molar-refractivity contribution in [2.75, 3.05) is 6.54 Å². The first-order valence-corrected chi connectivity index (χ1v) is 5.33. The minimum Gasteiger partial charge on any atom is -0.329 e. The average molecular weight is 216 g/mol. The molecule has 0 aromatic rings. The highest BCUT2D eigenvalue weighted by molar-refractivity contribution is 7.89. The van der Waals surface area contributed by atoms with Gasteiger partial charge in [0.1, 0.15) is 0 Å². The third-order valence-electron chi connectivity index (χ3n) is 1.85. The maximum absolute atomic E-state index is 11.9. The molecule has 1 unspecified atom stereocenters. The van der Waals surface area contributed by atoms with Gasteiger partial charge >= 0.3 is 5.76 Å². The Balaban J connectivity index is 4.60. The van der Waals surface area contributed by atoms with Gasteiger partial charge in [0.25, 0.3) is 10.0 Å². The zero-order chi connectivity index (χ0) is 10.7. The highest BCUT2D eigenvalue weighted by Crippen LogP contribution is 2.12. The molecule has 0 rings (SSSR count). The minimum absolute atomic E-state index is 0.0184. The molecule has 0 spiro atoms. The van der Waals surface area contributed by atoms with Crippen molar-refractivity contribution in [1.82, 2.24) is 4.72 Å². The predicted molar refractivity (Wildman–Crippen MR) is 45.8 cm³/mol. The van der Waals surface area contributed by atoms with Crippen LogP contribution in [-0.4, -0.2) is 26.3 Å². The second kappa shape index (κ2) is 4.30. The minimum atomic E-state index is -4.54. The van der Waals surface area contributed by atoms with Crippen LogP contribution in [0.5, 0.6) is 0 Å². The molecule has 0 saturated carbocycles. The first-order chi connectivity index (χ1) is 5.77. The lowest BCUT2D eigenvalue weighted by Gasteiger charge is -2.26. The Morgan fingerprint density at radius 3 is 2.23 bits per heavy atom. The number of nitrogens with two attached hydrogens (primary N) is 1. The predicted octanol–water partition coefficient (Wildman–Crippen LogP) is 0.256. The van der Waals surface area contributed by atoms with Gasteiger partial charge in [-0.2, -0.15) is 8.78 Å². The fourth-order valence-electron chi connectivity index (χ4n) is 0.646. The zero-order valence-corrected chi connectivity index (χ0v) is 8.37. The molecule has 0 bridgehead atoms. The summed E-state index contributed by atoms with van der Waals surface area (Å²) < 4.78 is 47.2. The third-order valence-corrected chi connectivity index (χ3v) is 3.10. The van der Waals surface area contributed by atoms with Gasteiger partial charge in [0, 0.05) is 12.1 Å². The van der Waals surface area contributed by atoms with Crippen LogP contribution in [0.2, 0.25) is 0 Å². The van der Waals surface area contributed by atoms with Gasteiger partial charge in [-0.05, 0) is 13.3 Å². The van der Waals surface area contributed by atoms with E-state index in [-0.39, 0.29) is 6.54 Å². The van der Waals surface area contributed by atoms with Gasteiger partial charge in [0.05, 0.1) is 0 Å².